The minimum absolute atomic E-state index is 0.386. The van der Waals surface area contributed by atoms with Gasteiger partial charge in [-0.3, -0.25) is 0 Å². The van der Waals surface area contributed by atoms with Crippen LogP contribution in [0.2, 0.25) is 0 Å². The van der Waals surface area contributed by atoms with Crippen molar-refractivity contribution in [2.45, 2.75) is 64.5 Å². The maximum atomic E-state index is 10.6. The molecule has 2 unspecified atom stereocenters. The summed E-state index contributed by atoms with van der Waals surface area (Å²) in [4.78, 5) is 2.35. The van der Waals surface area contributed by atoms with Crippen LogP contribution in [0.4, 0.5) is 0 Å². The van der Waals surface area contributed by atoms with Crippen LogP contribution in [0, 0.1) is 5.92 Å². The third-order valence-electron chi connectivity index (χ3n) is 4.18. The predicted octanol–water partition coefficient (Wildman–Crippen LogP) is 2.66. The standard InChI is InChI=1S/C13H27NO/c1-5-12(6-2)10-13(15)7-8-14(4)11(3)9-13/h11-12,15H,5-10H2,1-4H3. The third kappa shape index (κ3) is 3.46. The average molecular weight is 213 g/mol. The highest BCUT2D eigenvalue weighted by Crippen LogP contribution is 2.33. The zero-order valence-corrected chi connectivity index (χ0v) is 10.8. The molecule has 1 aliphatic heterocycles. The van der Waals surface area contributed by atoms with Gasteiger partial charge in [-0.15, -0.1) is 0 Å². The molecular weight excluding hydrogens is 186 g/mol. The van der Waals surface area contributed by atoms with Crippen LogP contribution < -0.4 is 0 Å². The lowest BCUT2D eigenvalue weighted by Gasteiger charge is -2.42. The van der Waals surface area contributed by atoms with Crippen LogP contribution in [0.25, 0.3) is 0 Å². The first-order chi connectivity index (χ1) is 7.00. The van der Waals surface area contributed by atoms with Crippen molar-refractivity contribution in [3.05, 3.63) is 0 Å². The fourth-order valence-corrected chi connectivity index (χ4v) is 2.71. The van der Waals surface area contributed by atoms with E-state index in [9.17, 15) is 5.11 Å². The van der Waals surface area contributed by atoms with Gasteiger partial charge in [-0.1, -0.05) is 26.7 Å². The van der Waals surface area contributed by atoms with Crippen LogP contribution >= 0.6 is 0 Å². The lowest BCUT2D eigenvalue weighted by molar-refractivity contribution is -0.0530. The second kappa shape index (κ2) is 5.31. The summed E-state index contributed by atoms with van der Waals surface area (Å²) in [5, 5.41) is 10.6. The van der Waals surface area contributed by atoms with E-state index in [0.29, 0.717) is 12.0 Å². The van der Waals surface area contributed by atoms with Crippen LogP contribution in [0.1, 0.15) is 52.9 Å². The zero-order valence-electron chi connectivity index (χ0n) is 10.8. The van der Waals surface area contributed by atoms with Gasteiger partial charge in [-0.2, -0.15) is 0 Å². The summed E-state index contributed by atoms with van der Waals surface area (Å²) in [5.41, 5.74) is -0.386. The zero-order chi connectivity index (χ0) is 11.5. The molecule has 1 aliphatic rings. The van der Waals surface area contributed by atoms with Crippen LogP contribution in [-0.4, -0.2) is 35.2 Å². The molecule has 0 aromatic heterocycles. The molecule has 0 spiro atoms. The van der Waals surface area contributed by atoms with E-state index >= 15 is 0 Å². The molecule has 2 nitrogen and oxygen atoms in total. The van der Waals surface area contributed by atoms with Crippen molar-refractivity contribution in [3.63, 3.8) is 0 Å². The molecule has 1 heterocycles. The Morgan fingerprint density at radius 3 is 2.47 bits per heavy atom. The van der Waals surface area contributed by atoms with E-state index in [0.717, 1.165) is 25.8 Å². The first-order valence-electron chi connectivity index (χ1n) is 6.43. The Balaban J connectivity index is 2.52. The molecule has 15 heavy (non-hydrogen) atoms. The van der Waals surface area contributed by atoms with Crippen LogP contribution in [-0.2, 0) is 0 Å². The van der Waals surface area contributed by atoms with Crippen molar-refractivity contribution >= 4 is 0 Å². The van der Waals surface area contributed by atoms with E-state index in [1.54, 1.807) is 0 Å². The van der Waals surface area contributed by atoms with Crippen molar-refractivity contribution in [2.75, 3.05) is 13.6 Å². The molecule has 1 saturated heterocycles. The summed E-state index contributed by atoms with van der Waals surface area (Å²) in [6, 6.07) is 0.526. The molecule has 0 radical (unpaired) electrons. The van der Waals surface area contributed by atoms with Gasteiger partial charge in [-0.05, 0) is 39.2 Å². The van der Waals surface area contributed by atoms with Crippen molar-refractivity contribution in [1.29, 1.82) is 0 Å². The third-order valence-corrected chi connectivity index (χ3v) is 4.18. The minimum Gasteiger partial charge on any atom is -0.390 e. The quantitative estimate of drug-likeness (QED) is 0.776. The Bertz CT molecular complexity index is 191. The molecule has 0 saturated carbocycles. The summed E-state index contributed by atoms with van der Waals surface area (Å²) < 4.78 is 0. The number of rotatable bonds is 4. The van der Waals surface area contributed by atoms with Crippen LogP contribution in [0.3, 0.4) is 0 Å². The topological polar surface area (TPSA) is 23.5 Å². The molecular formula is C13H27NO. The van der Waals surface area contributed by atoms with E-state index in [2.05, 4.69) is 32.7 Å². The van der Waals surface area contributed by atoms with Gasteiger partial charge in [0.1, 0.15) is 0 Å². The van der Waals surface area contributed by atoms with Gasteiger partial charge in [0.05, 0.1) is 5.60 Å². The molecule has 0 aromatic carbocycles. The SMILES string of the molecule is CCC(CC)CC1(O)CCN(C)C(C)C1. The van der Waals surface area contributed by atoms with Crippen molar-refractivity contribution < 1.29 is 5.11 Å². The van der Waals surface area contributed by atoms with Crippen LogP contribution in [0.5, 0.6) is 0 Å². The highest BCUT2D eigenvalue weighted by Gasteiger charge is 2.36. The molecule has 2 atom stereocenters. The number of likely N-dealkylation sites (tertiary alicyclic amines) is 1. The Kier molecular flexibility index (Phi) is 4.60. The summed E-state index contributed by atoms with van der Waals surface area (Å²) >= 11 is 0. The Labute approximate surface area is 94.7 Å². The summed E-state index contributed by atoms with van der Waals surface area (Å²) in [5.74, 6) is 0.700. The van der Waals surface area contributed by atoms with E-state index in [1.165, 1.54) is 12.8 Å². The lowest BCUT2D eigenvalue weighted by atomic mass is 9.79. The van der Waals surface area contributed by atoms with Gasteiger partial charge < -0.3 is 10.0 Å². The fourth-order valence-electron chi connectivity index (χ4n) is 2.71. The van der Waals surface area contributed by atoms with Gasteiger partial charge in [0.25, 0.3) is 0 Å². The monoisotopic (exact) mass is 213 g/mol. The molecule has 0 aliphatic carbocycles. The fraction of sp³-hybridized carbons (Fsp3) is 1.00. The maximum absolute atomic E-state index is 10.6. The molecule has 2 heteroatoms. The number of nitrogens with zero attached hydrogens (tertiary/aromatic N) is 1. The van der Waals surface area contributed by atoms with Gasteiger partial charge in [0.15, 0.2) is 0 Å². The van der Waals surface area contributed by atoms with Gasteiger partial charge >= 0.3 is 0 Å². The van der Waals surface area contributed by atoms with Crippen LogP contribution in [0.15, 0.2) is 0 Å². The van der Waals surface area contributed by atoms with Crippen molar-refractivity contribution in [2.24, 2.45) is 5.92 Å². The van der Waals surface area contributed by atoms with E-state index in [1.807, 2.05) is 0 Å². The van der Waals surface area contributed by atoms with Gasteiger partial charge in [-0.25, -0.2) is 0 Å². The second-order valence-corrected chi connectivity index (χ2v) is 5.39. The average Bonchev–Trinajstić information content (AvgIpc) is 2.21. The molecule has 90 valence electrons. The van der Waals surface area contributed by atoms with E-state index < -0.39 is 0 Å². The Morgan fingerprint density at radius 1 is 1.40 bits per heavy atom. The summed E-state index contributed by atoms with van der Waals surface area (Å²) in [7, 11) is 2.15. The molecule has 1 fully saturated rings. The largest absolute Gasteiger partial charge is 0.390 e. The molecule has 0 aromatic rings. The smallest absolute Gasteiger partial charge is 0.0677 e. The van der Waals surface area contributed by atoms with Gasteiger partial charge in [0.2, 0.25) is 0 Å². The van der Waals surface area contributed by atoms with E-state index in [-0.39, 0.29) is 5.60 Å². The highest BCUT2D eigenvalue weighted by molar-refractivity contribution is 4.90. The maximum Gasteiger partial charge on any atom is 0.0677 e. The Morgan fingerprint density at radius 2 is 2.00 bits per heavy atom. The lowest BCUT2D eigenvalue weighted by Crippen LogP contribution is -2.48. The molecule has 0 bridgehead atoms. The van der Waals surface area contributed by atoms with E-state index in [4.69, 9.17) is 0 Å². The Hall–Kier alpha value is -0.0800. The summed E-state index contributed by atoms with van der Waals surface area (Å²) in [6.07, 6.45) is 5.29. The predicted molar refractivity (Wildman–Crippen MR) is 65.0 cm³/mol. The van der Waals surface area contributed by atoms with Crippen molar-refractivity contribution in [3.8, 4) is 0 Å². The number of piperidine rings is 1. The van der Waals surface area contributed by atoms with Crippen molar-refractivity contribution in [1.82, 2.24) is 4.90 Å². The second-order valence-electron chi connectivity index (χ2n) is 5.39. The number of aliphatic hydroxyl groups is 1. The first-order valence-corrected chi connectivity index (χ1v) is 6.43. The first kappa shape index (κ1) is 13.0. The van der Waals surface area contributed by atoms with Gasteiger partial charge in [0, 0.05) is 12.6 Å². The molecule has 0 amide bonds. The summed E-state index contributed by atoms with van der Waals surface area (Å²) in [6.45, 7) is 7.72. The highest BCUT2D eigenvalue weighted by atomic mass is 16.3. The molecule has 1 rings (SSSR count). The number of hydrogen-bond acceptors (Lipinski definition) is 2. The normalized spacial score (nSPS) is 33.6. The number of hydrogen-bond donors (Lipinski definition) is 1. The minimum atomic E-state index is -0.386. The molecule has 1 N–H and O–H groups in total.